The Bertz CT molecular complexity index is 819. The summed E-state index contributed by atoms with van der Waals surface area (Å²) in [6.45, 7) is 1.84. The lowest BCUT2D eigenvalue weighted by Crippen LogP contribution is -2.23. The molecule has 26 heavy (non-hydrogen) atoms. The summed E-state index contributed by atoms with van der Waals surface area (Å²) in [6, 6.07) is 6.72. The van der Waals surface area contributed by atoms with Crippen molar-refractivity contribution in [3.63, 3.8) is 0 Å². The maximum atomic E-state index is 11.6. The molecular formula is C18H23N7O. The van der Waals surface area contributed by atoms with Crippen LogP contribution in [0.25, 0.3) is 0 Å². The van der Waals surface area contributed by atoms with E-state index in [9.17, 15) is 4.79 Å². The van der Waals surface area contributed by atoms with Gasteiger partial charge in [0, 0.05) is 18.3 Å². The maximum absolute atomic E-state index is 11.6. The van der Waals surface area contributed by atoms with Gasteiger partial charge in [0.1, 0.15) is 5.69 Å². The number of nitrogens with one attached hydrogen (secondary N) is 4. The topological polar surface area (TPSA) is 117 Å². The molecule has 2 heterocycles. The van der Waals surface area contributed by atoms with Crippen LogP contribution in [0.4, 0.5) is 23.1 Å². The number of benzene rings is 1. The van der Waals surface area contributed by atoms with E-state index in [4.69, 9.17) is 5.73 Å². The van der Waals surface area contributed by atoms with Crippen LogP contribution in [0.15, 0.2) is 24.4 Å². The molecule has 2 aromatic rings. The first-order chi connectivity index (χ1) is 12.7. The second-order valence-electron chi connectivity index (χ2n) is 6.66. The lowest BCUT2D eigenvalue weighted by atomic mass is 10.0. The monoisotopic (exact) mass is 353 g/mol. The molecule has 1 aliphatic carbocycles. The molecule has 0 spiro atoms. The Balaban J connectivity index is 1.55. The number of nitrogens with zero attached hydrogens (tertiary/aromatic N) is 2. The zero-order valence-electron chi connectivity index (χ0n) is 14.5. The van der Waals surface area contributed by atoms with Crippen LogP contribution in [0.5, 0.6) is 0 Å². The summed E-state index contributed by atoms with van der Waals surface area (Å²) in [6.07, 6.45) is 4.84. The second kappa shape index (κ2) is 7.27. The first-order valence-corrected chi connectivity index (χ1v) is 8.94. The van der Waals surface area contributed by atoms with E-state index in [0.29, 0.717) is 23.5 Å². The van der Waals surface area contributed by atoms with Gasteiger partial charge in [-0.2, -0.15) is 4.98 Å². The third-order valence-corrected chi connectivity index (χ3v) is 4.52. The fourth-order valence-corrected chi connectivity index (χ4v) is 2.95. The van der Waals surface area contributed by atoms with Crippen LogP contribution in [0.2, 0.25) is 0 Å². The van der Waals surface area contributed by atoms with Gasteiger partial charge >= 0.3 is 0 Å². The zero-order chi connectivity index (χ0) is 17.9. The molecule has 0 bridgehead atoms. The van der Waals surface area contributed by atoms with E-state index in [1.807, 2.05) is 6.07 Å². The number of amides is 1. The predicted octanol–water partition coefficient (Wildman–Crippen LogP) is 1.34. The van der Waals surface area contributed by atoms with E-state index in [1.54, 1.807) is 6.20 Å². The molecule has 1 aromatic heterocycles. The maximum Gasteiger partial charge on any atom is 0.238 e. The van der Waals surface area contributed by atoms with Crippen molar-refractivity contribution >= 4 is 29.0 Å². The number of carbonyl (C=O) groups excluding carboxylic acids is 1. The highest BCUT2D eigenvalue weighted by atomic mass is 16.1. The fraction of sp³-hybridized carbons (Fsp3) is 0.389. The number of carbonyl (C=O) groups is 1. The number of hydrogen-bond donors (Lipinski definition) is 5. The van der Waals surface area contributed by atoms with Gasteiger partial charge in [0.15, 0.2) is 5.82 Å². The third-order valence-electron chi connectivity index (χ3n) is 4.52. The van der Waals surface area contributed by atoms with Gasteiger partial charge < -0.3 is 27.0 Å². The number of rotatable bonds is 6. The Kier molecular flexibility index (Phi) is 4.68. The van der Waals surface area contributed by atoms with Gasteiger partial charge in [-0.25, -0.2) is 4.98 Å². The number of fused-ring (bicyclic) bond motifs is 1. The molecule has 1 aromatic carbocycles. The molecule has 8 heteroatoms. The molecule has 0 saturated heterocycles. The Labute approximate surface area is 152 Å². The van der Waals surface area contributed by atoms with Gasteiger partial charge in [-0.3, -0.25) is 4.79 Å². The van der Waals surface area contributed by atoms with Crippen molar-refractivity contribution in [3.05, 3.63) is 35.5 Å². The van der Waals surface area contributed by atoms with Crippen LogP contribution < -0.4 is 27.0 Å². The summed E-state index contributed by atoms with van der Waals surface area (Å²) < 4.78 is 0. The molecule has 2 aliphatic rings. The van der Waals surface area contributed by atoms with E-state index in [2.05, 4.69) is 43.4 Å². The van der Waals surface area contributed by atoms with Crippen molar-refractivity contribution in [2.75, 3.05) is 29.0 Å². The summed E-state index contributed by atoms with van der Waals surface area (Å²) in [7, 11) is 0. The van der Waals surface area contributed by atoms with Gasteiger partial charge in [0.2, 0.25) is 11.9 Å². The van der Waals surface area contributed by atoms with Crippen molar-refractivity contribution in [2.24, 2.45) is 5.73 Å². The molecule has 136 valence electrons. The molecule has 1 aliphatic heterocycles. The van der Waals surface area contributed by atoms with E-state index < -0.39 is 0 Å². The van der Waals surface area contributed by atoms with Crippen molar-refractivity contribution in [1.82, 2.24) is 15.3 Å². The minimum atomic E-state index is -0.267. The number of hydrogen-bond acceptors (Lipinski definition) is 7. The molecule has 1 saturated carbocycles. The lowest BCUT2D eigenvalue weighted by Gasteiger charge is -2.18. The molecule has 0 atom stereocenters. The molecule has 0 unspecified atom stereocenters. The SMILES string of the molecule is NCC(=O)Nc1cnc(Nc2ccc3c(c2)CCNC3)nc1NC1CC1. The molecule has 1 fully saturated rings. The normalized spacial score (nSPS) is 15.9. The molecule has 8 nitrogen and oxygen atoms in total. The summed E-state index contributed by atoms with van der Waals surface area (Å²) in [5.74, 6) is 0.846. The van der Waals surface area contributed by atoms with Gasteiger partial charge in [-0.05, 0) is 49.1 Å². The van der Waals surface area contributed by atoms with Crippen molar-refractivity contribution in [3.8, 4) is 0 Å². The average Bonchev–Trinajstić information content (AvgIpc) is 3.47. The highest BCUT2D eigenvalue weighted by molar-refractivity contribution is 5.94. The predicted molar refractivity (Wildman–Crippen MR) is 101 cm³/mol. The van der Waals surface area contributed by atoms with Crippen molar-refractivity contribution < 1.29 is 4.79 Å². The number of anilines is 4. The van der Waals surface area contributed by atoms with Crippen LogP contribution >= 0.6 is 0 Å². The smallest absolute Gasteiger partial charge is 0.238 e. The number of aromatic nitrogens is 2. The van der Waals surface area contributed by atoms with Gasteiger partial charge in [0.05, 0.1) is 12.7 Å². The Morgan fingerprint density at radius 1 is 1.31 bits per heavy atom. The van der Waals surface area contributed by atoms with Crippen LogP contribution in [-0.4, -0.2) is 35.0 Å². The highest BCUT2D eigenvalue weighted by Gasteiger charge is 2.23. The first kappa shape index (κ1) is 16.7. The van der Waals surface area contributed by atoms with Crippen LogP contribution in [0, 0.1) is 0 Å². The van der Waals surface area contributed by atoms with Gasteiger partial charge in [-0.15, -0.1) is 0 Å². The molecule has 4 rings (SSSR count). The van der Waals surface area contributed by atoms with Crippen LogP contribution in [-0.2, 0) is 17.8 Å². The largest absolute Gasteiger partial charge is 0.365 e. The average molecular weight is 353 g/mol. The van der Waals surface area contributed by atoms with Gasteiger partial charge in [-0.1, -0.05) is 6.07 Å². The summed E-state index contributed by atoms with van der Waals surface area (Å²) in [5, 5.41) is 12.7. The van der Waals surface area contributed by atoms with E-state index in [1.165, 1.54) is 11.1 Å². The molecular weight excluding hydrogens is 330 g/mol. The quantitative estimate of drug-likeness (QED) is 0.532. The highest BCUT2D eigenvalue weighted by Crippen LogP contribution is 2.29. The Morgan fingerprint density at radius 2 is 2.19 bits per heavy atom. The Hall–Kier alpha value is -2.71. The van der Waals surface area contributed by atoms with E-state index in [0.717, 1.165) is 38.0 Å². The van der Waals surface area contributed by atoms with Crippen LogP contribution in [0.3, 0.4) is 0 Å². The lowest BCUT2D eigenvalue weighted by molar-refractivity contribution is -0.114. The summed E-state index contributed by atoms with van der Waals surface area (Å²) in [5.41, 5.74) is 9.57. The Morgan fingerprint density at radius 3 is 3.00 bits per heavy atom. The van der Waals surface area contributed by atoms with E-state index in [-0.39, 0.29) is 12.5 Å². The van der Waals surface area contributed by atoms with Crippen LogP contribution in [0.1, 0.15) is 24.0 Å². The standard InChI is InChI=1S/C18H23N7O/c19-8-16(26)24-15-10-21-18(25-17(15)22-13-3-4-13)23-14-2-1-12-9-20-6-5-11(12)7-14/h1-2,7,10,13,20H,3-6,8-9,19H2,(H,24,26)(H2,21,22,23,25). The molecule has 0 radical (unpaired) electrons. The third kappa shape index (κ3) is 3.92. The van der Waals surface area contributed by atoms with Crippen molar-refractivity contribution in [1.29, 1.82) is 0 Å². The van der Waals surface area contributed by atoms with E-state index >= 15 is 0 Å². The summed E-state index contributed by atoms with van der Waals surface area (Å²) >= 11 is 0. The minimum absolute atomic E-state index is 0.0765. The second-order valence-corrected chi connectivity index (χ2v) is 6.66. The first-order valence-electron chi connectivity index (χ1n) is 8.94. The zero-order valence-corrected chi connectivity index (χ0v) is 14.5. The van der Waals surface area contributed by atoms with Gasteiger partial charge in [0.25, 0.3) is 0 Å². The molecule has 6 N–H and O–H groups in total. The van der Waals surface area contributed by atoms with Crippen molar-refractivity contribution in [2.45, 2.75) is 31.8 Å². The fourth-order valence-electron chi connectivity index (χ4n) is 2.95. The molecule has 1 amide bonds. The summed E-state index contributed by atoms with van der Waals surface area (Å²) in [4.78, 5) is 20.5. The number of nitrogens with two attached hydrogens (primary N) is 1. The minimum Gasteiger partial charge on any atom is -0.365 e.